The minimum atomic E-state index is -0.526. The lowest BCUT2D eigenvalue weighted by Crippen LogP contribution is -2.41. The standard InChI is InChI=1S/C13H27NO4/c1-5-6-8-17-9-7-11(10-15)14-12(16)18-13(2,3)4/h11,15H,5-10H2,1-4H3,(H,14,16)/t11-/m0/s1. The van der Waals surface area contributed by atoms with Crippen LogP contribution in [0.5, 0.6) is 0 Å². The molecule has 0 aromatic rings. The summed E-state index contributed by atoms with van der Waals surface area (Å²) in [4.78, 5) is 11.5. The van der Waals surface area contributed by atoms with Gasteiger partial charge in [-0.1, -0.05) is 13.3 Å². The van der Waals surface area contributed by atoms with Crippen molar-refractivity contribution in [3.8, 4) is 0 Å². The molecule has 1 amide bonds. The Bertz CT molecular complexity index is 226. The Labute approximate surface area is 110 Å². The van der Waals surface area contributed by atoms with Crippen LogP contribution in [-0.2, 0) is 9.47 Å². The zero-order valence-corrected chi connectivity index (χ0v) is 12.0. The number of rotatable bonds is 8. The van der Waals surface area contributed by atoms with Crippen molar-refractivity contribution in [2.24, 2.45) is 0 Å². The van der Waals surface area contributed by atoms with Crippen LogP contribution in [0.2, 0.25) is 0 Å². The van der Waals surface area contributed by atoms with Gasteiger partial charge in [-0.3, -0.25) is 0 Å². The number of carbonyl (C=O) groups excluding carboxylic acids is 1. The highest BCUT2D eigenvalue weighted by Crippen LogP contribution is 2.07. The first-order chi connectivity index (χ1) is 8.39. The highest BCUT2D eigenvalue weighted by atomic mass is 16.6. The van der Waals surface area contributed by atoms with E-state index in [1.165, 1.54) is 0 Å². The number of carbonyl (C=O) groups is 1. The molecule has 0 saturated carbocycles. The van der Waals surface area contributed by atoms with Crippen LogP contribution in [0.4, 0.5) is 4.79 Å². The van der Waals surface area contributed by atoms with Gasteiger partial charge in [-0.2, -0.15) is 0 Å². The number of hydrogen-bond acceptors (Lipinski definition) is 4. The molecule has 0 heterocycles. The van der Waals surface area contributed by atoms with Crippen molar-refractivity contribution in [1.29, 1.82) is 0 Å². The molecule has 5 heteroatoms. The molecule has 18 heavy (non-hydrogen) atoms. The van der Waals surface area contributed by atoms with E-state index >= 15 is 0 Å². The number of amides is 1. The molecule has 2 N–H and O–H groups in total. The third-order valence-corrected chi connectivity index (χ3v) is 2.19. The molecular formula is C13H27NO4. The van der Waals surface area contributed by atoms with Crippen LogP contribution >= 0.6 is 0 Å². The van der Waals surface area contributed by atoms with Gasteiger partial charge in [-0.15, -0.1) is 0 Å². The molecule has 1 atom stereocenters. The van der Waals surface area contributed by atoms with E-state index in [1.54, 1.807) is 20.8 Å². The molecule has 0 aliphatic heterocycles. The van der Waals surface area contributed by atoms with Gasteiger partial charge in [0.15, 0.2) is 0 Å². The van der Waals surface area contributed by atoms with Crippen molar-refractivity contribution < 1.29 is 19.4 Å². The molecule has 0 aromatic heterocycles. The van der Waals surface area contributed by atoms with Gasteiger partial charge in [0, 0.05) is 13.2 Å². The average Bonchev–Trinajstić information content (AvgIpc) is 2.24. The lowest BCUT2D eigenvalue weighted by atomic mass is 10.2. The van der Waals surface area contributed by atoms with Gasteiger partial charge in [0.2, 0.25) is 0 Å². The van der Waals surface area contributed by atoms with Gasteiger partial charge in [0.05, 0.1) is 12.6 Å². The number of alkyl carbamates (subject to hydrolysis) is 1. The molecule has 0 rings (SSSR count). The van der Waals surface area contributed by atoms with Gasteiger partial charge >= 0.3 is 6.09 Å². The Morgan fingerprint density at radius 3 is 2.50 bits per heavy atom. The van der Waals surface area contributed by atoms with Crippen LogP contribution in [0.15, 0.2) is 0 Å². The summed E-state index contributed by atoms with van der Waals surface area (Å²) < 4.78 is 10.5. The maximum Gasteiger partial charge on any atom is 0.407 e. The summed E-state index contributed by atoms with van der Waals surface area (Å²) in [6.07, 6.45) is 2.21. The quantitative estimate of drug-likeness (QED) is 0.656. The largest absolute Gasteiger partial charge is 0.444 e. The first-order valence-electron chi connectivity index (χ1n) is 6.57. The summed E-state index contributed by atoms with van der Waals surface area (Å²) >= 11 is 0. The third-order valence-electron chi connectivity index (χ3n) is 2.19. The first kappa shape index (κ1) is 17.2. The molecule has 0 bridgehead atoms. The van der Waals surface area contributed by atoms with Gasteiger partial charge in [-0.25, -0.2) is 4.79 Å². The summed E-state index contributed by atoms with van der Waals surface area (Å²) in [7, 11) is 0. The summed E-state index contributed by atoms with van der Waals surface area (Å²) in [5.74, 6) is 0. The number of aliphatic hydroxyl groups is 1. The fourth-order valence-corrected chi connectivity index (χ4v) is 1.26. The van der Waals surface area contributed by atoms with Crippen LogP contribution < -0.4 is 5.32 Å². The smallest absolute Gasteiger partial charge is 0.407 e. The van der Waals surface area contributed by atoms with E-state index in [4.69, 9.17) is 14.6 Å². The van der Waals surface area contributed by atoms with Crippen molar-refractivity contribution in [1.82, 2.24) is 5.32 Å². The Kier molecular flexibility index (Phi) is 8.75. The van der Waals surface area contributed by atoms with E-state index < -0.39 is 11.7 Å². The molecule has 0 saturated heterocycles. The normalized spacial score (nSPS) is 13.2. The van der Waals surface area contributed by atoms with E-state index in [2.05, 4.69) is 12.2 Å². The highest BCUT2D eigenvalue weighted by Gasteiger charge is 2.18. The van der Waals surface area contributed by atoms with E-state index in [0.29, 0.717) is 13.0 Å². The summed E-state index contributed by atoms with van der Waals surface area (Å²) in [6, 6.07) is -0.318. The maximum absolute atomic E-state index is 11.5. The number of nitrogens with one attached hydrogen (secondary N) is 1. The highest BCUT2D eigenvalue weighted by molar-refractivity contribution is 5.68. The second-order valence-corrected chi connectivity index (χ2v) is 5.28. The zero-order chi connectivity index (χ0) is 14.0. The minimum absolute atomic E-state index is 0.115. The van der Waals surface area contributed by atoms with E-state index in [9.17, 15) is 4.79 Å². The van der Waals surface area contributed by atoms with Crippen LogP contribution in [-0.4, -0.2) is 42.7 Å². The Hall–Kier alpha value is -0.810. The SMILES string of the molecule is CCCCOCC[C@@H](CO)NC(=O)OC(C)(C)C. The molecule has 0 aliphatic rings. The number of hydrogen-bond donors (Lipinski definition) is 2. The average molecular weight is 261 g/mol. The molecule has 0 spiro atoms. The third kappa shape index (κ3) is 10.4. The van der Waals surface area contributed by atoms with Gasteiger partial charge in [-0.05, 0) is 33.6 Å². The van der Waals surface area contributed by atoms with Crippen LogP contribution in [0, 0.1) is 0 Å². The van der Waals surface area contributed by atoms with E-state index in [0.717, 1.165) is 19.4 Å². The first-order valence-corrected chi connectivity index (χ1v) is 6.57. The predicted octanol–water partition coefficient (Wildman–Crippen LogP) is 2.08. The van der Waals surface area contributed by atoms with E-state index in [1.807, 2.05) is 0 Å². The fourth-order valence-electron chi connectivity index (χ4n) is 1.26. The summed E-state index contributed by atoms with van der Waals surface area (Å²) in [5.41, 5.74) is -0.526. The Morgan fingerprint density at radius 2 is 2.00 bits per heavy atom. The molecular weight excluding hydrogens is 234 g/mol. The van der Waals surface area contributed by atoms with Gasteiger partial charge in [0.25, 0.3) is 0 Å². The lowest BCUT2D eigenvalue weighted by molar-refractivity contribution is 0.0456. The Morgan fingerprint density at radius 1 is 1.33 bits per heavy atom. The van der Waals surface area contributed by atoms with Gasteiger partial charge in [0.1, 0.15) is 5.60 Å². The van der Waals surface area contributed by atoms with Crippen LogP contribution in [0.1, 0.15) is 47.0 Å². The van der Waals surface area contributed by atoms with Crippen molar-refractivity contribution >= 4 is 6.09 Å². The molecule has 0 unspecified atom stereocenters. The lowest BCUT2D eigenvalue weighted by Gasteiger charge is -2.22. The second-order valence-electron chi connectivity index (χ2n) is 5.28. The Balaban J connectivity index is 3.79. The van der Waals surface area contributed by atoms with Crippen molar-refractivity contribution in [3.63, 3.8) is 0 Å². The van der Waals surface area contributed by atoms with Crippen molar-refractivity contribution in [2.75, 3.05) is 19.8 Å². The molecule has 0 fully saturated rings. The zero-order valence-electron chi connectivity index (χ0n) is 12.0. The number of unbranched alkanes of at least 4 members (excludes halogenated alkanes) is 1. The van der Waals surface area contributed by atoms with Gasteiger partial charge < -0.3 is 19.9 Å². The molecule has 0 aliphatic carbocycles. The van der Waals surface area contributed by atoms with Crippen LogP contribution in [0.25, 0.3) is 0 Å². The predicted molar refractivity (Wildman–Crippen MR) is 70.6 cm³/mol. The molecule has 108 valence electrons. The topological polar surface area (TPSA) is 67.8 Å². The minimum Gasteiger partial charge on any atom is -0.444 e. The molecule has 0 radical (unpaired) electrons. The fraction of sp³-hybridized carbons (Fsp3) is 0.923. The molecule has 5 nitrogen and oxygen atoms in total. The summed E-state index contributed by atoms with van der Waals surface area (Å²) in [6.45, 7) is 8.64. The number of ether oxygens (including phenoxy) is 2. The van der Waals surface area contributed by atoms with Crippen molar-refractivity contribution in [3.05, 3.63) is 0 Å². The monoisotopic (exact) mass is 261 g/mol. The maximum atomic E-state index is 11.5. The number of aliphatic hydroxyl groups excluding tert-OH is 1. The summed E-state index contributed by atoms with van der Waals surface area (Å²) in [5, 5.41) is 11.8. The second kappa shape index (κ2) is 9.16. The van der Waals surface area contributed by atoms with E-state index in [-0.39, 0.29) is 12.6 Å². The van der Waals surface area contributed by atoms with Crippen molar-refractivity contribution in [2.45, 2.75) is 58.6 Å². The molecule has 0 aromatic carbocycles. The van der Waals surface area contributed by atoms with Crippen LogP contribution in [0.3, 0.4) is 0 Å².